The number of anilines is 1. The van der Waals surface area contributed by atoms with Crippen molar-refractivity contribution in [3.63, 3.8) is 0 Å². The molecular formula is C28H24ClFN2O5. The number of nitrogens with zero attached hydrogens (tertiary/aromatic N) is 1. The molecule has 0 atom stereocenters. The van der Waals surface area contributed by atoms with Crippen molar-refractivity contribution in [1.82, 2.24) is 5.32 Å². The highest BCUT2D eigenvalue weighted by atomic mass is 35.5. The Morgan fingerprint density at radius 2 is 1.73 bits per heavy atom. The number of aryl methyl sites for hydroxylation is 1. The number of hydrogen-bond acceptors (Lipinski definition) is 5. The number of carbonyl (C=O) groups is 3. The van der Waals surface area contributed by atoms with E-state index in [1.54, 1.807) is 37.3 Å². The molecule has 3 aromatic rings. The van der Waals surface area contributed by atoms with Crippen molar-refractivity contribution in [3.05, 3.63) is 93.8 Å². The predicted octanol–water partition coefficient (Wildman–Crippen LogP) is 5.69. The predicted molar refractivity (Wildman–Crippen MR) is 138 cm³/mol. The lowest BCUT2D eigenvalue weighted by Gasteiger charge is -2.26. The maximum Gasteiger partial charge on any atom is 0.335 e. The normalized spacial score (nSPS) is 14.6. The smallest absolute Gasteiger partial charge is 0.335 e. The number of nitrogens with one attached hydrogen (secondary N) is 1. The average molecular weight is 523 g/mol. The summed E-state index contributed by atoms with van der Waals surface area (Å²) in [7, 11) is 0. The Morgan fingerprint density at radius 3 is 2.41 bits per heavy atom. The molecule has 4 rings (SSSR count). The lowest BCUT2D eigenvalue weighted by molar-refractivity contribution is -0.122. The van der Waals surface area contributed by atoms with Crippen molar-refractivity contribution in [2.45, 2.75) is 26.9 Å². The zero-order valence-corrected chi connectivity index (χ0v) is 21.0. The SMILES string of the molecule is CCOc1cc(/C=C2/C(=O)NC(=O)N(c3ccc(CC)cc3)C2=O)cc(Cl)c1OCc1cccc(F)c1. The van der Waals surface area contributed by atoms with E-state index in [1.807, 2.05) is 19.1 Å². The summed E-state index contributed by atoms with van der Waals surface area (Å²) in [5, 5.41) is 2.37. The van der Waals surface area contributed by atoms with Crippen molar-refractivity contribution < 1.29 is 28.2 Å². The molecule has 1 fully saturated rings. The second-order valence-electron chi connectivity index (χ2n) is 8.16. The van der Waals surface area contributed by atoms with Gasteiger partial charge in [-0.05, 0) is 72.5 Å². The van der Waals surface area contributed by atoms with E-state index in [2.05, 4.69) is 5.32 Å². The third-order valence-corrected chi connectivity index (χ3v) is 5.90. The molecule has 0 aliphatic carbocycles. The number of urea groups is 1. The number of barbiturate groups is 1. The first-order valence-corrected chi connectivity index (χ1v) is 12.0. The topological polar surface area (TPSA) is 84.9 Å². The molecule has 1 aliphatic rings. The van der Waals surface area contributed by atoms with Crippen LogP contribution in [0.4, 0.5) is 14.9 Å². The summed E-state index contributed by atoms with van der Waals surface area (Å²) in [5.74, 6) is -1.45. The summed E-state index contributed by atoms with van der Waals surface area (Å²) in [5.41, 5.74) is 2.13. The lowest BCUT2D eigenvalue weighted by Crippen LogP contribution is -2.54. The van der Waals surface area contributed by atoms with Gasteiger partial charge in [0.1, 0.15) is 18.0 Å². The Kier molecular flexibility index (Phi) is 7.89. The van der Waals surface area contributed by atoms with Gasteiger partial charge in [-0.1, -0.05) is 42.8 Å². The van der Waals surface area contributed by atoms with Gasteiger partial charge in [0, 0.05) is 0 Å². The van der Waals surface area contributed by atoms with Crippen molar-refractivity contribution in [2.75, 3.05) is 11.5 Å². The molecule has 0 bridgehead atoms. The van der Waals surface area contributed by atoms with E-state index in [0.29, 0.717) is 23.4 Å². The molecule has 1 saturated heterocycles. The molecule has 1 aliphatic heterocycles. The van der Waals surface area contributed by atoms with Crippen LogP contribution in [-0.4, -0.2) is 24.5 Å². The maximum absolute atomic E-state index is 13.5. The Bertz CT molecular complexity index is 1390. The molecule has 0 saturated carbocycles. The van der Waals surface area contributed by atoms with Crippen molar-refractivity contribution in [3.8, 4) is 11.5 Å². The van der Waals surface area contributed by atoms with Gasteiger partial charge < -0.3 is 9.47 Å². The van der Waals surface area contributed by atoms with Crippen LogP contribution in [0.25, 0.3) is 6.08 Å². The molecule has 0 unspecified atom stereocenters. The highest BCUT2D eigenvalue weighted by Crippen LogP contribution is 2.38. The van der Waals surface area contributed by atoms with Crippen LogP contribution < -0.4 is 19.7 Å². The van der Waals surface area contributed by atoms with Crippen LogP contribution in [0.5, 0.6) is 11.5 Å². The Hall–Kier alpha value is -4.17. The van der Waals surface area contributed by atoms with Gasteiger partial charge in [0.05, 0.1) is 17.3 Å². The van der Waals surface area contributed by atoms with Gasteiger partial charge in [-0.2, -0.15) is 0 Å². The number of hydrogen-bond donors (Lipinski definition) is 1. The highest BCUT2D eigenvalue weighted by Gasteiger charge is 2.36. The van der Waals surface area contributed by atoms with Crippen molar-refractivity contribution in [2.24, 2.45) is 0 Å². The van der Waals surface area contributed by atoms with Crippen LogP contribution in [0, 0.1) is 5.82 Å². The molecule has 1 heterocycles. The minimum absolute atomic E-state index is 0.0484. The van der Waals surface area contributed by atoms with Crippen LogP contribution in [0.1, 0.15) is 30.5 Å². The summed E-state index contributed by atoms with van der Waals surface area (Å²) < 4.78 is 25.0. The van der Waals surface area contributed by atoms with E-state index in [4.69, 9.17) is 21.1 Å². The third kappa shape index (κ3) is 5.81. The first-order chi connectivity index (χ1) is 17.8. The van der Waals surface area contributed by atoms with Gasteiger partial charge in [-0.3, -0.25) is 14.9 Å². The fourth-order valence-electron chi connectivity index (χ4n) is 3.80. The van der Waals surface area contributed by atoms with E-state index < -0.39 is 17.8 Å². The number of halogens is 2. The lowest BCUT2D eigenvalue weighted by atomic mass is 10.1. The van der Waals surface area contributed by atoms with Gasteiger partial charge >= 0.3 is 6.03 Å². The minimum atomic E-state index is -0.828. The number of rotatable bonds is 8. The van der Waals surface area contributed by atoms with Crippen molar-refractivity contribution in [1.29, 1.82) is 0 Å². The molecule has 190 valence electrons. The molecule has 3 aromatic carbocycles. The quantitative estimate of drug-likeness (QED) is 0.304. The van der Waals surface area contributed by atoms with E-state index in [1.165, 1.54) is 24.3 Å². The highest BCUT2D eigenvalue weighted by molar-refractivity contribution is 6.39. The van der Waals surface area contributed by atoms with E-state index >= 15 is 0 Å². The zero-order valence-electron chi connectivity index (χ0n) is 20.2. The molecule has 0 aromatic heterocycles. The van der Waals surface area contributed by atoms with E-state index in [0.717, 1.165) is 16.9 Å². The zero-order chi connectivity index (χ0) is 26.5. The number of ether oxygens (including phenoxy) is 2. The van der Waals surface area contributed by atoms with Crippen LogP contribution in [0.15, 0.2) is 66.2 Å². The maximum atomic E-state index is 13.5. The van der Waals surface area contributed by atoms with Gasteiger partial charge in [0.25, 0.3) is 11.8 Å². The molecule has 7 nitrogen and oxygen atoms in total. The van der Waals surface area contributed by atoms with Crippen molar-refractivity contribution >= 4 is 41.2 Å². The third-order valence-electron chi connectivity index (χ3n) is 5.62. The minimum Gasteiger partial charge on any atom is -0.490 e. The summed E-state index contributed by atoms with van der Waals surface area (Å²) in [4.78, 5) is 39.2. The Morgan fingerprint density at radius 1 is 0.973 bits per heavy atom. The largest absolute Gasteiger partial charge is 0.490 e. The molecule has 9 heteroatoms. The van der Waals surface area contributed by atoms with Gasteiger partial charge in [0.15, 0.2) is 11.5 Å². The standard InChI is InChI=1S/C28H24ClFN2O5/c1-3-17-8-10-21(11-9-17)32-27(34)22(26(33)31-28(32)35)13-19-14-23(29)25(24(15-19)36-4-2)37-16-18-6-5-7-20(30)12-18/h5-15H,3-4,16H2,1-2H3,(H,31,33,35)/b22-13-. The molecule has 37 heavy (non-hydrogen) atoms. The summed E-state index contributed by atoms with van der Waals surface area (Å²) in [6.45, 7) is 4.11. The summed E-state index contributed by atoms with van der Waals surface area (Å²) >= 11 is 6.48. The number of benzene rings is 3. The second kappa shape index (κ2) is 11.3. The van der Waals surface area contributed by atoms with Gasteiger partial charge in [-0.15, -0.1) is 0 Å². The van der Waals surface area contributed by atoms with Crippen LogP contribution >= 0.6 is 11.6 Å². The Balaban J connectivity index is 1.65. The summed E-state index contributed by atoms with van der Waals surface area (Å²) in [6, 6.07) is 15.2. The van der Waals surface area contributed by atoms with Crippen LogP contribution in [-0.2, 0) is 22.6 Å². The molecular weight excluding hydrogens is 499 g/mol. The molecule has 0 radical (unpaired) electrons. The fourth-order valence-corrected chi connectivity index (χ4v) is 4.07. The number of imide groups is 2. The number of amides is 4. The average Bonchev–Trinajstić information content (AvgIpc) is 2.86. The fraction of sp³-hybridized carbons (Fsp3) is 0.179. The molecule has 1 N–H and O–H groups in total. The van der Waals surface area contributed by atoms with E-state index in [-0.39, 0.29) is 34.5 Å². The molecule has 0 spiro atoms. The van der Waals surface area contributed by atoms with E-state index in [9.17, 15) is 18.8 Å². The first kappa shape index (κ1) is 25.9. The number of carbonyl (C=O) groups excluding carboxylic acids is 3. The monoisotopic (exact) mass is 522 g/mol. The van der Waals surface area contributed by atoms with Gasteiger partial charge in [0.2, 0.25) is 0 Å². The second-order valence-corrected chi connectivity index (χ2v) is 8.57. The first-order valence-electron chi connectivity index (χ1n) is 11.6. The summed E-state index contributed by atoms with van der Waals surface area (Å²) in [6.07, 6.45) is 2.14. The Labute approximate surface area is 218 Å². The van der Waals surface area contributed by atoms with Crippen LogP contribution in [0.2, 0.25) is 5.02 Å². The van der Waals surface area contributed by atoms with Crippen LogP contribution in [0.3, 0.4) is 0 Å². The molecule has 4 amide bonds. The van der Waals surface area contributed by atoms with Gasteiger partial charge in [-0.25, -0.2) is 14.1 Å².